The second-order valence-corrected chi connectivity index (χ2v) is 3.94. The van der Waals surface area contributed by atoms with Crippen molar-refractivity contribution in [2.75, 3.05) is 6.54 Å². The predicted octanol–water partition coefficient (Wildman–Crippen LogP) is 2.03. The van der Waals surface area contributed by atoms with E-state index in [4.69, 9.17) is 5.11 Å². The molecule has 0 heterocycles. The fourth-order valence-corrected chi connectivity index (χ4v) is 1.32. The molecule has 0 bridgehead atoms. The van der Waals surface area contributed by atoms with Gasteiger partial charge in [-0.3, -0.25) is 4.90 Å². The molecule has 0 amide bonds. The summed E-state index contributed by atoms with van der Waals surface area (Å²) in [7, 11) is 0. The van der Waals surface area contributed by atoms with Crippen LogP contribution in [0.3, 0.4) is 0 Å². The van der Waals surface area contributed by atoms with Gasteiger partial charge < -0.3 is 5.11 Å². The van der Waals surface area contributed by atoms with E-state index in [1.54, 1.807) is 4.90 Å². The van der Waals surface area contributed by atoms with Crippen molar-refractivity contribution in [3.05, 3.63) is 0 Å². The van der Waals surface area contributed by atoms with E-state index in [-0.39, 0.29) is 35.4 Å². The molecule has 0 fully saturated rings. The van der Waals surface area contributed by atoms with Gasteiger partial charge in [-0.05, 0) is 27.7 Å². The Balaban J connectivity index is 0. The molecule has 1 N–H and O–H groups in total. The molecule has 0 aliphatic rings. The zero-order chi connectivity index (χ0) is 11.5. The first-order chi connectivity index (χ1) is 6.16. The van der Waals surface area contributed by atoms with Gasteiger partial charge in [0.15, 0.2) is 6.10 Å². The summed E-state index contributed by atoms with van der Waals surface area (Å²) in [6.45, 7) is 6.87. The van der Waals surface area contributed by atoms with Gasteiger partial charge in [0.1, 0.15) is 0 Å². The largest absolute Gasteiger partial charge is 0.415 e. The van der Waals surface area contributed by atoms with Gasteiger partial charge >= 0.3 is 6.18 Å². The van der Waals surface area contributed by atoms with Gasteiger partial charge in [-0.1, -0.05) is 0 Å². The van der Waals surface area contributed by atoms with Gasteiger partial charge in [0.05, 0.1) is 0 Å². The van der Waals surface area contributed by atoms with Crippen molar-refractivity contribution in [3.63, 3.8) is 0 Å². The van der Waals surface area contributed by atoms with Crippen LogP contribution < -0.4 is 0 Å². The molecule has 0 aromatic heterocycles. The van der Waals surface area contributed by atoms with Crippen LogP contribution in [-0.4, -0.2) is 40.9 Å². The maximum Gasteiger partial charge on any atom is 0.415 e. The number of nitrogens with zero attached hydrogens (tertiary/aromatic N) is 1. The molecule has 0 aromatic carbocycles. The predicted molar refractivity (Wildman–Crippen MR) is 49.0 cm³/mol. The van der Waals surface area contributed by atoms with E-state index < -0.39 is 12.3 Å². The van der Waals surface area contributed by atoms with Crippen molar-refractivity contribution in [2.45, 2.75) is 52.1 Å². The minimum atomic E-state index is -4.53. The number of rotatable bonds is 4. The van der Waals surface area contributed by atoms with Gasteiger partial charge in [0, 0.05) is 35.4 Å². The van der Waals surface area contributed by atoms with Crippen LogP contribution in [0.4, 0.5) is 13.2 Å². The summed E-state index contributed by atoms with van der Waals surface area (Å²) in [5.41, 5.74) is 0. The third-order valence-electron chi connectivity index (χ3n) is 2.09. The van der Waals surface area contributed by atoms with Crippen LogP contribution in [0.2, 0.25) is 0 Å². The maximum atomic E-state index is 12.1. The molecular weight excluding hydrogens is 254 g/mol. The number of hydrogen-bond donors (Lipinski definition) is 1. The molecule has 0 spiro atoms. The van der Waals surface area contributed by atoms with Crippen molar-refractivity contribution in [3.8, 4) is 0 Å². The minimum Gasteiger partial charge on any atom is -0.382 e. The summed E-state index contributed by atoms with van der Waals surface area (Å²) < 4.78 is 36.2. The average Bonchev–Trinajstić information content (AvgIpc) is 1.96. The molecule has 0 rings (SSSR count). The molecule has 95 valence electrons. The SMILES string of the molecule is CC(C)N(CC(O)C(F)(F)F)C(C)C.[Co]. The molecule has 1 atom stereocenters. The summed E-state index contributed by atoms with van der Waals surface area (Å²) in [4.78, 5) is 1.61. The summed E-state index contributed by atoms with van der Waals surface area (Å²) in [5.74, 6) is 0. The molecule has 0 aromatic rings. The number of aliphatic hydroxyl groups excluding tert-OH is 1. The number of halogens is 3. The molecule has 1 unspecified atom stereocenters. The Morgan fingerprint density at radius 1 is 1.07 bits per heavy atom. The van der Waals surface area contributed by atoms with E-state index in [0.29, 0.717) is 0 Å². The molecule has 1 radical (unpaired) electrons. The summed E-state index contributed by atoms with van der Waals surface area (Å²) >= 11 is 0. The topological polar surface area (TPSA) is 23.5 Å². The Morgan fingerprint density at radius 2 is 1.40 bits per heavy atom. The van der Waals surface area contributed by atoms with Crippen LogP contribution in [0.5, 0.6) is 0 Å². The van der Waals surface area contributed by atoms with E-state index >= 15 is 0 Å². The first-order valence-electron chi connectivity index (χ1n) is 4.66. The minimum absolute atomic E-state index is 0. The standard InChI is InChI=1S/C9H18F3NO.Co/c1-6(2)13(7(3)4)5-8(14)9(10,11)12;/h6-8,14H,5H2,1-4H3;. The Kier molecular flexibility index (Phi) is 7.89. The van der Waals surface area contributed by atoms with E-state index in [0.717, 1.165) is 0 Å². The summed E-state index contributed by atoms with van der Waals surface area (Å²) in [6.07, 6.45) is -6.78. The van der Waals surface area contributed by atoms with Crippen LogP contribution >= 0.6 is 0 Å². The fraction of sp³-hybridized carbons (Fsp3) is 1.00. The average molecular weight is 272 g/mol. The van der Waals surface area contributed by atoms with Crippen molar-refractivity contribution >= 4 is 0 Å². The molecule has 0 saturated carbocycles. The third-order valence-corrected chi connectivity index (χ3v) is 2.09. The van der Waals surface area contributed by atoms with Crippen LogP contribution in [0.25, 0.3) is 0 Å². The van der Waals surface area contributed by atoms with E-state index in [1.807, 2.05) is 27.7 Å². The molecule has 0 aliphatic carbocycles. The van der Waals surface area contributed by atoms with Crippen LogP contribution in [0, 0.1) is 0 Å². The fourth-order valence-electron chi connectivity index (χ4n) is 1.32. The van der Waals surface area contributed by atoms with Gasteiger partial charge in [0.25, 0.3) is 0 Å². The Hall–Kier alpha value is 0.216. The second-order valence-electron chi connectivity index (χ2n) is 3.94. The van der Waals surface area contributed by atoms with Crippen molar-refractivity contribution < 1.29 is 35.1 Å². The zero-order valence-corrected chi connectivity index (χ0v) is 10.3. The Morgan fingerprint density at radius 3 is 1.60 bits per heavy atom. The maximum absolute atomic E-state index is 12.1. The van der Waals surface area contributed by atoms with E-state index in [1.165, 1.54) is 0 Å². The molecular formula is C9H18CoF3NO. The van der Waals surface area contributed by atoms with Gasteiger partial charge in [-0.2, -0.15) is 13.2 Å². The van der Waals surface area contributed by atoms with Crippen LogP contribution in [0.1, 0.15) is 27.7 Å². The Bertz CT molecular complexity index is 165. The van der Waals surface area contributed by atoms with Crippen molar-refractivity contribution in [1.29, 1.82) is 0 Å². The Labute approximate surface area is 99.0 Å². The quantitative estimate of drug-likeness (QED) is 0.846. The first-order valence-corrected chi connectivity index (χ1v) is 4.66. The molecule has 0 aliphatic heterocycles. The normalized spacial score (nSPS) is 14.6. The molecule has 0 saturated heterocycles. The molecule has 15 heavy (non-hydrogen) atoms. The monoisotopic (exact) mass is 272 g/mol. The molecule has 2 nitrogen and oxygen atoms in total. The van der Waals surface area contributed by atoms with Crippen molar-refractivity contribution in [1.82, 2.24) is 4.90 Å². The van der Waals surface area contributed by atoms with Gasteiger partial charge in [-0.15, -0.1) is 0 Å². The van der Waals surface area contributed by atoms with Crippen molar-refractivity contribution in [2.24, 2.45) is 0 Å². The number of aliphatic hydroxyl groups is 1. The van der Waals surface area contributed by atoms with Crippen LogP contribution in [0.15, 0.2) is 0 Å². The number of hydrogen-bond acceptors (Lipinski definition) is 2. The van der Waals surface area contributed by atoms with Gasteiger partial charge in [-0.25, -0.2) is 0 Å². The van der Waals surface area contributed by atoms with E-state index in [9.17, 15) is 13.2 Å². The van der Waals surface area contributed by atoms with Crippen LogP contribution in [-0.2, 0) is 16.8 Å². The second kappa shape index (κ2) is 6.72. The summed E-state index contributed by atoms with van der Waals surface area (Å²) in [6, 6.07) is -0.0148. The smallest absolute Gasteiger partial charge is 0.382 e. The molecule has 6 heteroatoms. The number of alkyl halides is 3. The van der Waals surface area contributed by atoms with E-state index in [2.05, 4.69) is 0 Å². The zero-order valence-electron chi connectivity index (χ0n) is 9.30. The first kappa shape index (κ1) is 17.6. The third kappa shape index (κ3) is 6.39. The van der Waals surface area contributed by atoms with Gasteiger partial charge in [0.2, 0.25) is 0 Å². The summed E-state index contributed by atoms with van der Waals surface area (Å²) in [5, 5.41) is 8.89.